The maximum atomic E-state index is 8.63. The molecule has 1 aromatic rings. The second-order valence-corrected chi connectivity index (χ2v) is 3.00. The summed E-state index contributed by atoms with van der Waals surface area (Å²) in [6.45, 7) is 1.45. The van der Waals surface area contributed by atoms with Crippen molar-refractivity contribution in [3.63, 3.8) is 0 Å². The maximum Gasteiger partial charge on any atom is 0.115 e. The lowest BCUT2D eigenvalue weighted by Crippen LogP contribution is -2.21. The van der Waals surface area contributed by atoms with E-state index >= 15 is 0 Å². The van der Waals surface area contributed by atoms with E-state index in [0.29, 0.717) is 18.8 Å². The third-order valence-electron chi connectivity index (χ3n) is 1.60. The normalized spacial score (nSPS) is 8.93. The number of phenols is 1. The average molecular weight is 207 g/mol. The second-order valence-electron chi connectivity index (χ2n) is 3.00. The molecule has 0 aliphatic carbocycles. The van der Waals surface area contributed by atoms with Crippen molar-refractivity contribution < 1.29 is 10.2 Å². The first-order valence-corrected chi connectivity index (χ1v) is 4.67. The molecule has 82 valence electrons. The van der Waals surface area contributed by atoms with Crippen molar-refractivity contribution >= 4 is 0 Å². The molecule has 0 bridgehead atoms. The van der Waals surface area contributed by atoms with E-state index in [9.17, 15) is 0 Å². The molecular formula is C12H17NO2. The van der Waals surface area contributed by atoms with Gasteiger partial charge in [0.05, 0.1) is 13.2 Å². The third-order valence-corrected chi connectivity index (χ3v) is 1.60. The van der Waals surface area contributed by atoms with Crippen LogP contribution in [0.15, 0.2) is 30.3 Å². The van der Waals surface area contributed by atoms with Gasteiger partial charge < -0.3 is 10.2 Å². The number of hydrogen-bond donors (Lipinski definition) is 2. The van der Waals surface area contributed by atoms with Crippen molar-refractivity contribution in [1.29, 1.82) is 0 Å². The van der Waals surface area contributed by atoms with Crippen LogP contribution in [-0.2, 0) is 0 Å². The summed E-state index contributed by atoms with van der Waals surface area (Å²) in [4.78, 5) is 1.88. The molecule has 0 saturated carbocycles. The minimum Gasteiger partial charge on any atom is -0.508 e. The molecule has 1 aromatic carbocycles. The average Bonchev–Trinajstić information content (AvgIpc) is 2.20. The molecule has 1 rings (SSSR count). The molecule has 0 fully saturated rings. The molecule has 0 amide bonds. The summed E-state index contributed by atoms with van der Waals surface area (Å²) in [5, 5.41) is 17.0. The van der Waals surface area contributed by atoms with Crippen molar-refractivity contribution in [2.24, 2.45) is 0 Å². The molecule has 3 heteroatoms. The number of nitrogens with zero attached hydrogens (tertiary/aromatic N) is 1. The van der Waals surface area contributed by atoms with Crippen LogP contribution in [0.3, 0.4) is 0 Å². The van der Waals surface area contributed by atoms with Crippen molar-refractivity contribution in [2.75, 3.05) is 26.7 Å². The summed E-state index contributed by atoms with van der Waals surface area (Å²) >= 11 is 0. The molecule has 2 N–H and O–H groups in total. The first-order chi connectivity index (χ1) is 7.20. The van der Waals surface area contributed by atoms with Gasteiger partial charge in [0.2, 0.25) is 0 Å². The number of aliphatic hydroxyl groups is 1. The molecule has 0 unspecified atom stereocenters. The fourth-order valence-electron chi connectivity index (χ4n) is 0.834. The largest absolute Gasteiger partial charge is 0.508 e. The quantitative estimate of drug-likeness (QED) is 0.725. The van der Waals surface area contributed by atoms with Crippen LogP contribution in [0.25, 0.3) is 0 Å². The van der Waals surface area contributed by atoms with E-state index < -0.39 is 0 Å². The maximum absolute atomic E-state index is 8.63. The van der Waals surface area contributed by atoms with Crippen molar-refractivity contribution in [2.45, 2.75) is 0 Å². The lowest BCUT2D eigenvalue weighted by Gasteiger charge is -2.08. The fourth-order valence-corrected chi connectivity index (χ4v) is 0.834. The number of terminal acetylenes is 1. The Morgan fingerprint density at radius 2 is 1.93 bits per heavy atom. The Hall–Kier alpha value is -1.50. The van der Waals surface area contributed by atoms with Gasteiger partial charge in [-0.05, 0) is 19.2 Å². The van der Waals surface area contributed by atoms with Crippen LogP contribution in [-0.4, -0.2) is 41.9 Å². The van der Waals surface area contributed by atoms with Crippen LogP contribution in [0.2, 0.25) is 0 Å². The van der Waals surface area contributed by atoms with Crippen molar-refractivity contribution in [3.8, 4) is 18.1 Å². The number of rotatable bonds is 3. The molecule has 0 aliphatic heterocycles. The molecule has 0 spiro atoms. The lowest BCUT2D eigenvalue weighted by atomic mass is 10.3. The molecule has 0 atom stereocenters. The Morgan fingerprint density at radius 1 is 1.33 bits per heavy atom. The third kappa shape index (κ3) is 8.82. The van der Waals surface area contributed by atoms with E-state index in [0.717, 1.165) is 0 Å². The second kappa shape index (κ2) is 9.07. The Bertz CT molecular complexity index is 279. The van der Waals surface area contributed by atoms with Crippen LogP contribution < -0.4 is 0 Å². The van der Waals surface area contributed by atoms with Gasteiger partial charge in [-0.25, -0.2) is 0 Å². The van der Waals surface area contributed by atoms with E-state index in [-0.39, 0.29) is 6.61 Å². The van der Waals surface area contributed by atoms with E-state index in [2.05, 4.69) is 5.92 Å². The van der Waals surface area contributed by atoms with Crippen LogP contribution in [0, 0.1) is 12.3 Å². The highest BCUT2D eigenvalue weighted by molar-refractivity contribution is 5.18. The summed E-state index contributed by atoms with van der Waals surface area (Å²) in [5.41, 5.74) is 0. The molecule has 0 saturated heterocycles. The zero-order valence-electron chi connectivity index (χ0n) is 8.93. The summed E-state index contributed by atoms with van der Waals surface area (Å²) < 4.78 is 0. The van der Waals surface area contributed by atoms with Gasteiger partial charge in [0.15, 0.2) is 0 Å². The van der Waals surface area contributed by atoms with E-state index in [1.54, 1.807) is 24.3 Å². The Balaban J connectivity index is 0.000000262. The standard InChI is InChI=1S/C6H11NO.C6H6O/c1-3-4-7(2)5-6-8;7-6-4-2-1-3-5-6/h1,8H,4-6H2,2H3;1-5,7H. The number of para-hydroxylation sites is 1. The molecule has 15 heavy (non-hydrogen) atoms. The molecule has 3 nitrogen and oxygen atoms in total. The Morgan fingerprint density at radius 3 is 2.27 bits per heavy atom. The topological polar surface area (TPSA) is 43.7 Å². The highest BCUT2D eigenvalue weighted by atomic mass is 16.3. The van der Waals surface area contributed by atoms with Gasteiger partial charge in [0.1, 0.15) is 5.75 Å². The minimum absolute atomic E-state index is 0.179. The van der Waals surface area contributed by atoms with Crippen molar-refractivity contribution in [3.05, 3.63) is 30.3 Å². The zero-order valence-corrected chi connectivity index (χ0v) is 8.93. The van der Waals surface area contributed by atoms with Gasteiger partial charge in [-0.1, -0.05) is 24.1 Å². The van der Waals surface area contributed by atoms with E-state index in [1.165, 1.54) is 0 Å². The van der Waals surface area contributed by atoms with Gasteiger partial charge in [0.25, 0.3) is 0 Å². The van der Waals surface area contributed by atoms with Crippen LogP contribution >= 0.6 is 0 Å². The number of hydrogen-bond acceptors (Lipinski definition) is 3. The van der Waals surface area contributed by atoms with Crippen LogP contribution in [0.4, 0.5) is 0 Å². The highest BCUT2D eigenvalue weighted by Gasteiger charge is 1.89. The van der Waals surface area contributed by atoms with E-state index in [1.807, 2.05) is 18.0 Å². The SMILES string of the molecule is C#CCN(C)CCO.Oc1ccccc1. The monoisotopic (exact) mass is 207 g/mol. The Labute approximate surface area is 91.0 Å². The predicted molar refractivity (Wildman–Crippen MR) is 61.5 cm³/mol. The summed E-state index contributed by atoms with van der Waals surface area (Å²) in [5.74, 6) is 2.79. The van der Waals surface area contributed by atoms with Gasteiger partial charge >= 0.3 is 0 Å². The molecule has 0 radical (unpaired) electrons. The number of aliphatic hydroxyl groups excluding tert-OH is 1. The first kappa shape index (κ1) is 13.5. The predicted octanol–water partition coefficient (Wildman–Crippen LogP) is 0.936. The fraction of sp³-hybridized carbons (Fsp3) is 0.333. The lowest BCUT2D eigenvalue weighted by molar-refractivity contribution is 0.234. The van der Waals surface area contributed by atoms with Gasteiger partial charge in [-0.15, -0.1) is 6.42 Å². The molecule has 0 heterocycles. The summed E-state index contributed by atoms with van der Waals surface area (Å²) in [6.07, 6.45) is 4.99. The Kier molecular flexibility index (Phi) is 8.16. The zero-order chi connectivity index (χ0) is 11.5. The minimum atomic E-state index is 0.179. The van der Waals surface area contributed by atoms with Crippen LogP contribution in [0.5, 0.6) is 5.75 Å². The summed E-state index contributed by atoms with van der Waals surface area (Å²) in [7, 11) is 1.87. The smallest absolute Gasteiger partial charge is 0.115 e. The number of aromatic hydroxyl groups is 1. The van der Waals surface area contributed by atoms with Gasteiger partial charge in [-0.2, -0.15) is 0 Å². The highest BCUT2D eigenvalue weighted by Crippen LogP contribution is 2.02. The first-order valence-electron chi connectivity index (χ1n) is 4.67. The number of phenolic OH excluding ortho intramolecular Hbond substituents is 1. The van der Waals surface area contributed by atoms with Gasteiger partial charge in [-0.3, -0.25) is 4.90 Å². The molecule has 0 aromatic heterocycles. The summed E-state index contributed by atoms with van der Waals surface area (Å²) in [6, 6.07) is 8.71. The van der Waals surface area contributed by atoms with Crippen LogP contribution in [0.1, 0.15) is 0 Å². The molecular weight excluding hydrogens is 190 g/mol. The van der Waals surface area contributed by atoms with E-state index in [4.69, 9.17) is 16.6 Å². The molecule has 0 aliphatic rings. The van der Waals surface area contributed by atoms with Gasteiger partial charge in [0, 0.05) is 6.54 Å². The van der Waals surface area contributed by atoms with Crippen molar-refractivity contribution in [1.82, 2.24) is 4.90 Å². The number of likely N-dealkylation sites (N-methyl/N-ethyl adjacent to an activating group) is 1. The number of benzene rings is 1.